The molecule has 0 fully saturated rings. The van der Waals surface area contributed by atoms with Gasteiger partial charge in [0.05, 0.1) is 0 Å². The Morgan fingerprint density at radius 1 is 1.14 bits per heavy atom. The van der Waals surface area contributed by atoms with E-state index >= 15 is 0 Å². The van der Waals surface area contributed by atoms with Crippen molar-refractivity contribution in [2.45, 2.75) is 32.9 Å². The molecule has 0 aliphatic carbocycles. The fourth-order valence-corrected chi connectivity index (χ4v) is 3.54. The molecule has 1 N–H and O–H groups in total. The van der Waals surface area contributed by atoms with Gasteiger partial charge in [-0.3, -0.25) is 9.59 Å². The lowest BCUT2D eigenvalue weighted by atomic mass is 10.1. The number of rotatable bonds is 9. The first-order valence-corrected chi connectivity index (χ1v) is 10.8. The van der Waals surface area contributed by atoms with Crippen LogP contribution in [0.3, 0.4) is 0 Å². The zero-order valence-corrected chi connectivity index (χ0v) is 19.4. The van der Waals surface area contributed by atoms with E-state index in [4.69, 9.17) is 27.9 Å². The number of ether oxygens (including phenoxy) is 1. The summed E-state index contributed by atoms with van der Waals surface area (Å²) in [5.74, 6) is 0.0474. The summed E-state index contributed by atoms with van der Waals surface area (Å²) < 4.78 is 6.54. The quantitative estimate of drug-likeness (QED) is 0.521. The number of amides is 2. The highest BCUT2D eigenvalue weighted by Gasteiger charge is 2.29. The number of benzene rings is 2. The number of hydrogen-bond acceptors (Lipinski definition) is 3. The van der Waals surface area contributed by atoms with Crippen molar-refractivity contribution in [3.8, 4) is 5.75 Å². The fourth-order valence-electron chi connectivity index (χ4n) is 2.80. The molecule has 156 valence electrons. The van der Waals surface area contributed by atoms with E-state index in [-0.39, 0.29) is 25.0 Å². The Hall–Kier alpha value is -1.76. The summed E-state index contributed by atoms with van der Waals surface area (Å²) in [4.78, 5) is 27.1. The number of carbonyl (C=O) groups is 2. The Kier molecular flexibility index (Phi) is 9.27. The molecule has 2 amide bonds. The summed E-state index contributed by atoms with van der Waals surface area (Å²) in [5, 5.41) is 3.73. The van der Waals surface area contributed by atoms with Crippen molar-refractivity contribution in [3.05, 3.63) is 62.5 Å². The van der Waals surface area contributed by atoms with Gasteiger partial charge in [-0.25, -0.2) is 0 Å². The summed E-state index contributed by atoms with van der Waals surface area (Å²) in [6.45, 7) is 4.16. The lowest BCUT2D eigenvalue weighted by molar-refractivity contribution is -0.142. The first-order valence-electron chi connectivity index (χ1n) is 9.25. The third-order valence-corrected chi connectivity index (χ3v) is 5.38. The van der Waals surface area contributed by atoms with Gasteiger partial charge in [-0.2, -0.15) is 0 Å². The second kappa shape index (κ2) is 11.4. The van der Waals surface area contributed by atoms with Crippen molar-refractivity contribution in [2.24, 2.45) is 0 Å². The maximum absolute atomic E-state index is 13.0. The third-order valence-electron chi connectivity index (χ3n) is 4.27. The van der Waals surface area contributed by atoms with E-state index in [2.05, 4.69) is 21.2 Å². The SMILES string of the molecule is CCNC(=O)[C@@H](CC)N(Cc1ccc(Cl)cc1Cl)C(=O)COc1ccc(Br)cc1. The Bertz CT molecular complexity index is 846. The minimum atomic E-state index is -0.636. The molecule has 0 heterocycles. The average Bonchev–Trinajstić information content (AvgIpc) is 2.69. The van der Waals surface area contributed by atoms with Crippen LogP contribution in [0.4, 0.5) is 0 Å². The highest BCUT2D eigenvalue weighted by atomic mass is 79.9. The van der Waals surface area contributed by atoms with E-state index in [0.29, 0.717) is 34.3 Å². The molecule has 0 saturated carbocycles. The smallest absolute Gasteiger partial charge is 0.261 e. The van der Waals surface area contributed by atoms with Gasteiger partial charge in [-0.15, -0.1) is 0 Å². The van der Waals surface area contributed by atoms with Gasteiger partial charge in [0.2, 0.25) is 5.91 Å². The van der Waals surface area contributed by atoms with Crippen molar-refractivity contribution in [2.75, 3.05) is 13.2 Å². The minimum absolute atomic E-state index is 0.175. The molecule has 0 radical (unpaired) electrons. The second-order valence-electron chi connectivity index (χ2n) is 6.32. The molecular formula is C21H23BrCl2N2O3. The van der Waals surface area contributed by atoms with Gasteiger partial charge in [-0.05, 0) is 55.3 Å². The molecule has 0 bridgehead atoms. The summed E-state index contributed by atoms with van der Waals surface area (Å²) >= 11 is 15.6. The molecule has 8 heteroatoms. The van der Waals surface area contributed by atoms with Crippen LogP contribution in [0.25, 0.3) is 0 Å². The zero-order valence-electron chi connectivity index (χ0n) is 16.3. The van der Waals surface area contributed by atoms with Crippen LogP contribution in [0.2, 0.25) is 10.0 Å². The number of halogens is 3. The molecule has 0 saturated heterocycles. The van der Waals surface area contributed by atoms with Crippen LogP contribution in [0, 0.1) is 0 Å². The Labute approximate surface area is 189 Å². The summed E-state index contributed by atoms with van der Waals surface area (Å²) in [6, 6.07) is 11.6. The van der Waals surface area contributed by atoms with Crippen LogP contribution < -0.4 is 10.1 Å². The normalized spacial score (nSPS) is 11.6. The maximum Gasteiger partial charge on any atom is 0.261 e. The Morgan fingerprint density at radius 2 is 1.83 bits per heavy atom. The second-order valence-corrected chi connectivity index (χ2v) is 8.08. The highest BCUT2D eigenvalue weighted by Crippen LogP contribution is 2.24. The van der Waals surface area contributed by atoms with Gasteiger partial charge >= 0.3 is 0 Å². The molecule has 5 nitrogen and oxygen atoms in total. The van der Waals surface area contributed by atoms with Crippen LogP contribution in [0.15, 0.2) is 46.9 Å². The first-order chi connectivity index (χ1) is 13.8. The molecule has 1 atom stereocenters. The number of hydrogen-bond donors (Lipinski definition) is 1. The molecule has 2 aromatic carbocycles. The predicted molar refractivity (Wildman–Crippen MR) is 119 cm³/mol. The van der Waals surface area contributed by atoms with Gasteiger partial charge in [0, 0.05) is 27.6 Å². The Balaban J connectivity index is 2.22. The minimum Gasteiger partial charge on any atom is -0.484 e. The summed E-state index contributed by atoms with van der Waals surface area (Å²) in [7, 11) is 0. The molecule has 0 aliphatic rings. The molecular weight excluding hydrogens is 479 g/mol. The molecule has 0 aromatic heterocycles. The molecule has 2 aromatic rings. The molecule has 29 heavy (non-hydrogen) atoms. The third kappa shape index (κ3) is 6.91. The van der Waals surface area contributed by atoms with Crippen molar-refractivity contribution in [1.82, 2.24) is 10.2 Å². The van der Waals surface area contributed by atoms with Crippen molar-refractivity contribution < 1.29 is 14.3 Å². The monoisotopic (exact) mass is 500 g/mol. The van der Waals surface area contributed by atoms with Gasteiger partial charge < -0.3 is 15.0 Å². The van der Waals surface area contributed by atoms with Crippen LogP contribution in [-0.2, 0) is 16.1 Å². The van der Waals surface area contributed by atoms with E-state index < -0.39 is 6.04 Å². The topological polar surface area (TPSA) is 58.6 Å². The van der Waals surface area contributed by atoms with E-state index in [0.717, 1.165) is 4.47 Å². The number of carbonyl (C=O) groups excluding carboxylic acids is 2. The average molecular weight is 502 g/mol. The Morgan fingerprint density at radius 3 is 2.41 bits per heavy atom. The molecule has 0 aliphatic heterocycles. The number of likely N-dealkylation sites (N-methyl/N-ethyl adjacent to an activating group) is 1. The largest absolute Gasteiger partial charge is 0.484 e. The fraction of sp³-hybridized carbons (Fsp3) is 0.333. The van der Waals surface area contributed by atoms with Gasteiger partial charge in [-0.1, -0.05) is 52.1 Å². The van der Waals surface area contributed by atoms with Crippen molar-refractivity contribution in [1.29, 1.82) is 0 Å². The lowest BCUT2D eigenvalue weighted by Gasteiger charge is -2.30. The standard InChI is InChI=1S/C21H23BrCl2N2O3/c1-3-19(21(28)25-4-2)26(12-14-5-8-16(23)11-18(14)24)20(27)13-29-17-9-6-15(22)7-10-17/h5-11,19H,3-4,12-13H2,1-2H3,(H,25,28)/t19-/m1/s1. The van der Waals surface area contributed by atoms with E-state index in [1.165, 1.54) is 4.90 Å². The van der Waals surface area contributed by atoms with Crippen molar-refractivity contribution in [3.63, 3.8) is 0 Å². The molecule has 0 unspecified atom stereocenters. The van der Waals surface area contributed by atoms with Gasteiger partial charge in [0.1, 0.15) is 11.8 Å². The lowest BCUT2D eigenvalue weighted by Crippen LogP contribution is -2.50. The summed E-state index contributed by atoms with van der Waals surface area (Å²) in [6.07, 6.45) is 0.459. The van der Waals surface area contributed by atoms with Crippen LogP contribution >= 0.6 is 39.1 Å². The van der Waals surface area contributed by atoms with Crippen LogP contribution in [0.5, 0.6) is 5.75 Å². The highest BCUT2D eigenvalue weighted by molar-refractivity contribution is 9.10. The maximum atomic E-state index is 13.0. The number of nitrogens with zero attached hydrogens (tertiary/aromatic N) is 1. The van der Waals surface area contributed by atoms with Crippen LogP contribution in [-0.4, -0.2) is 35.9 Å². The van der Waals surface area contributed by atoms with Gasteiger partial charge in [0.25, 0.3) is 5.91 Å². The van der Waals surface area contributed by atoms with Crippen LogP contribution in [0.1, 0.15) is 25.8 Å². The van der Waals surface area contributed by atoms with E-state index in [1.807, 2.05) is 26.0 Å². The summed E-state index contributed by atoms with van der Waals surface area (Å²) in [5.41, 5.74) is 0.704. The van der Waals surface area contributed by atoms with E-state index in [9.17, 15) is 9.59 Å². The molecule has 2 rings (SSSR count). The zero-order chi connectivity index (χ0) is 21.4. The van der Waals surface area contributed by atoms with Crippen molar-refractivity contribution >= 4 is 50.9 Å². The van der Waals surface area contributed by atoms with E-state index in [1.54, 1.807) is 30.3 Å². The van der Waals surface area contributed by atoms with Gasteiger partial charge in [0.15, 0.2) is 6.61 Å². The number of nitrogens with one attached hydrogen (secondary N) is 1. The molecule has 0 spiro atoms. The first kappa shape index (κ1) is 23.5. The predicted octanol–water partition coefficient (Wildman–Crippen LogP) is 5.08.